The zero-order chi connectivity index (χ0) is 37.6. The van der Waals surface area contributed by atoms with E-state index in [1.54, 1.807) is 34.0 Å². The highest BCUT2D eigenvalue weighted by Gasteiger charge is 2.50. The minimum Gasteiger partial charge on any atom is -0.445 e. The number of aromatic nitrogens is 4. The fourth-order valence-corrected chi connectivity index (χ4v) is 7.28. The van der Waals surface area contributed by atoms with Crippen molar-refractivity contribution in [2.24, 2.45) is 17.6 Å². The molecule has 1 aliphatic carbocycles. The molecule has 15 heteroatoms. The summed E-state index contributed by atoms with van der Waals surface area (Å²) in [6, 6.07) is 17.2. The SMILES string of the molecule is NC(=O)c1c(CC2CC2)nc2c(cnn2CC2CCN(C(=O)OCc3ccccc3)CC2)c1-c1ccc2c(c1)OC(F)(F)C(=O)N2Cc1ccc(Cl)cn1. The Labute approximate surface area is 313 Å². The molecule has 8 rings (SSSR count). The second-order valence-corrected chi connectivity index (χ2v) is 14.5. The molecule has 2 N–H and O–H groups in total. The molecule has 0 bridgehead atoms. The number of alkyl halides is 2. The average molecular weight is 756 g/mol. The minimum absolute atomic E-state index is 0.113. The number of fused-ring (bicyclic) bond motifs is 2. The first-order valence-corrected chi connectivity index (χ1v) is 18.2. The molecule has 0 radical (unpaired) electrons. The van der Waals surface area contributed by atoms with Crippen LogP contribution >= 0.6 is 11.6 Å². The van der Waals surface area contributed by atoms with E-state index in [4.69, 9.17) is 36.9 Å². The van der Waals surface area contributed by atoms with Gasteiger partial charge in [-0.1, -0.05) is 48.0 Å². The van der Waals surface area contributed by atoms with Crippen molar-refractivity contribution in [1.82, 2.24) is 24.6 Å². The van der Waals surface area contributed by atoms with Crippen LogP contribution in [0.3, 0.4) is 0 Å². The van der Waals surface area contributed by atoms with Crippen LogP contribution in [-0.4, -0.2) is 61.8 Å². The normalized spacial score (nSPS) is 17.0. The highest BCUT2D eigenvalue weighted by atomic mass is 35.5. The molecule has 2 aromatic carbocycles. The van der Waals surface area contributed by atoms with E-state index in [9.17, 15) is 14.4 Å². The van der Waals surface area contributed by atoms with Gasteiger partial charge in [0.05, 0.1) is 40.4 Å². The summed E-state index contributed by atoms with van der Waals surface area (Å²) in [5.74, 6) is -1.97. The predicted molar refractivity (Wildman–Crippen MR) is 195 cm³/mol. The van der Waals surface area contributed by atoms with Gasteiger partial charge in [0.1, 0.15) is 6.61 Å². The first-order valence-electron chi connectivity index (χ1n) is 17.8. The topological polar surface area (TPSA) is 146 Å². The summed E-state index contributed by atoms with van der Waals surface area (Å²) in [5, 5.41) is 5.57. The van der Waals surface area contributed by atoms with Crippen LogP contribution in [0.5, 0.6) is 5.75 Å². The van der Waals surface area contributed by atoms with Gasteiger partial charge in [0.2, 0.25) is 0 Å². The fourth-order valence-electron chi connectivity index (χ4n) is 7.17. The maximum Gasteiger partial charge on any atom is 0.482 e. The van der Waals surface area contributed by atoms with Gasteiger partial charge in [-0.25, -0.2) is 14.5 Å². The lowest BCUT2D eigenvalue weighted by atomic mass is 9.93. The summed E-state index contributed by atoms with van der Waals surface area (Å²) < 4.78 is 42.6. The van der Waals surface area contributed by atoms with Gasteiger partial charge in [0.25, 0.3) is 5.91 Å². The number of carbonyl (C=O) groups excluding carboxylic acids is 3. The molecule has 12 nitrogen and oxygen atoms in total. The summed E-state index contributed by atoms with van der Waals surface area (Å²) in [5.41, 5.74) is 9.44. The number of nitrogens with two attached hydrogens (primary N) is 1. The molecule has 0 unspecified atom stereocenters. The second kappa shape index (κ2) is 14.3. The smallest absolute Gasteiger partial charge is 0.445 e. The summed E-state index contributed by atoms with van der Waals surface area (Å²) >= 11 is 5.95. The third-order valence-corrected chi connectivity index (χ3v) is 10.4. The van der Waals surface area contributed by atoms with Gasteiger partial charge in [0, 0.05) is 36.8 Å². The molecule has 5 heterocycles. The zero-order valence-corrected chi connectivity index (χ0v) is 29.8. The van der Waals surface area contributed by atoms with Crippen molar-refractivity contribution in [2.45, 2.75) is 57.9 Å². The van der Waals surface area contributed by atoms with Gasteiger partial charge >= 0.3 is 18.1 Å². The second-order valence-electron chi connectivity index (χ2n) is 14.0. The summed E-state index contributed by atoms with van der Waals surface area (Å²) in [6.45, 7) is 1.53. The Kier molecular flexibility index (Phi) is 9.38. The number of halogens is 3. The fraction of sp³-hybridized carbons (Fsp3) is 0.333. The predicted octanol–water partition coefficient (Wildman–Crippen LogP) is 6.77. The Bertz CT molecular complexity index is 2240. The Morgan fingerprint density at radius 3 is 2.48 bits per heavy atom. The Balaban J connectivity index is 1.09. The number of anilines is 1. The maximum absolute atomic E-state index is 15.1. The molecule has 2 aliphatic heterocycles. The van der Waals surface area contributed by atoms with Gasteiger partial charge in [-0.3, -0.25) is 19.5 Å². The van der Waals surface area contributed by atoms with Crippen molar-refractivity contribution >= 4 is 46.2 Å². The summed E-state index contributed by atoms with van der Waals surface area (Å²) in [6.07, 6.45) is 2.42. The largest absolute Gasteiger partial charge is 0.482 e. The molecule has 278 valence electrons. The lowest BCUT2D eigenvalue weighted by Crippen LogP contribution is -2.50. The van der Waals surface area contributed by atoms with E-state index in [0.717, 1.165) is 36.1 Å². The number of rotatable bonds is 10. The number of pyridine rings is 2. The van der Waals surface area contributed by atoms with Crippen LogP contribution in [-0.2, 0) is 35.6 Å². The molecular formula is C39H36ClF2N7O5. The number of hydrogen-bond donors (Lipinski definition) is 1. The first kappa shape index (κ1) is 35.4. The Morgan fingerprint density at radius 2 is 1.78 bits per heavy atom. The van der Waals surface area contributed by atoms with Crippen LogP contribution in [0, 0.1) is 11.8 Å². The standard InChI is InChI=1S/C39H36ClF2N7O5/c40-27-9-10-28(44-18-27)21-48-31-11-8-26(17-32(31)54-39(41,42)37(48)51)33-29-19-45-49(36(29)46-30(16-23-6-7-23)34(33)35(43)50)20-24-12-14-47(15-13-24)38(52)53-22-25-4-2-1-3-5-25/h1-5,8-11,17-19,23-24H,6-7,12-16,20-22H2,(H2,43,50). The number of primary amides is 1. The van der Waals surface area contributed by atoms with Crippen molar-refractivity contribution in [3.05, 3.63) is 101 Å². The quantitative estimate of drug-likeness (QED) is 0.165. The zero-order valence-electron chi connectivity index (χ0n) is 29.1. The Hall–Kier alpha value is -5.63. The molecule has 2 fully saturated rings. The van der Waals surface area contributed by atoms with Gasteiger partial charge in [-0.2, -0.15) is 13.9 Å². The van der Waals surface area contributed by atoms with Crippen LogP contribution in [0.2, 0.25) is 5.02 Å². The van der Waals surface area contributed by atoms with Crippen LogP contribution in [0.15, 0.2) is 73.1 Å². The molecular weight excluding hydrogens is 720 g/mol. The van der Waals surface area contributed by atoms with Crippen molar-refractivity contribution in [3.63, 3.8) is 0 Å². The molecule has 5 aromatic rings. The monoisotopic (exact) mass is 755 g/mol. The van der Waals surface area contributed by atoms with Crippen LogP contribution in [0.4, 0.5) is 19.3 Å². The number of hydrogen-bond acceptors (Lipinski definition) is 8. The van der Waals surface area contributed by atoms with E-state index in [1.807, 2.05) is 30.3 Å². The van der Waals surface area contributed by atoms with Gasteiger partial charge < -0.3 is 20.1 Å². The van der Waals surface area contributed by atoms with Crippen molar-refractivity contribution in [1.29, 1.82) is 0 Å². The van der Waals surface area contributed by atoms with E-state index in [0.29, 0.717) is 70.5 Å². The van der Waals surface area contributed by atoms with Crippen molar-refractivity contribution in [3.8, 4) is 16.9 Å². The minimum atomic E-state index is -4.16. The molecule has 3 aromatic heterocycles. The van der Waals surface area contributed by atoms with Gasteiger partial charge in [-0.05, 0) is 79.3 Å². The third kappa shape index (κ3) is 7.17. The number of amides is 3. The Morgan fingerprint density at radius 1 is 1.00 bits per heavy atom. The molecule has 1 saturated carbocycles. The van der Waals surface area contributed by atoms with E-state index < -0.39 is 17.9 Å². The van der Waals surface area contributed by atoms with Crippen LogP contribution < -0.4 is 15.4 Å². The van der Waals surface area contributed by atoms with E-state index in [2.05, 4.69) is 4.98 Å². The molecule has 54 heavy (non-hydrogen) atoms. The van der Waals surface area contributed by atoms with E-state index in [1.165, 1.54) is 18.3 Å². The molecule has 1 saturated heterocycles. The van der Waals surface area contributed by atoms with E-state index in [-0.39, 0.29) is 42.2 Å². The van der Waals surface area contributed by atoms with Crippen molar-refractivity contribution in [2.75, 3.05) is 18.0 Å². The number of carbonyl (C=O) groups is 3. The van der Waals surface area contributed by atoms with Gasteiger partial charge in [-0.15, -0.1) is 0 Å². The highest BCUT2D eigenvalue weighted by molar-refractivity contribution is 6.30. The molecule has 3 aliphatic rings. The molecule has 3 amide bonds. The van der Waals surface area contributed by atoms with Crippen LogP contribution in [0.1, 0.15) is 53.0 Å². The highest BCUT2D eigenvalue weighted by Crippen LogP contribution is 2.45. The molecule has 0 atom stereocenters. The number of ether oxygens (including phenoxy) is 2. The summed E-state index contributed by atoms with van der Waals surface area (Å²) in [4.78, 5) is 50.6. The van der Waals surface area contributed by atoms with E-state index >= 15 is 8.78 Å². The first-order chi connectivity index (χ1) is 26.0. The number of nitrogens with zero attached hydrogens (tertiary/aromatic N) is 6. The maximum atomic E-state index is 15.1. The lowest BCUT2D eigenvalue weighted by Gasteiger charge is -2.33. The lowest BCUT2D eigenvalue weighted by molar-refractivity contribution is -0.193. The number of benzene rings is 2. The third-order valence-electron chi connectivity index (χ3n) is 10.2. The molecule has 0 spiro atoms. The number of likely N-dealkylation sites (tertiary alicyclic amines) is 1. The summed E-state index contributed by atoms with van der Waals surface area (Å²) in [7, 11) is 0. The van der Waals surface area contributed by atoms with Crippen molar-refractivity contribution < 1.29 is 32.6 Å². The number of piperidine rings is 1. The van der Waals surface area contributed by atoms with Crippen LogP contribution in [0.25, 0.3) is 22.2 Å². The average Bonchev–Trinajstić information content (AvgIpc) is 3.90. The van der Waals surface area contributed by atoms with Gasteiger partial charge in [0.15, 0.2) is 11.4 Å².